The summed E-state index contributed by atoms with van der Waals surface area (Å²) in [7, 11) is 1.58. The number of nitrogens with two attached hydrogens (primary N) is 1. The molecule has 1 amide bonds. The van der Waals surface area contributed by atoms with E-state index in [0.29, 0.717) is 28.4 Å². The molecule has 0 bridgehead atoms. The molecule has 3 aromatic rings. The van der Waals surface area contributed by atoms with Crippen LogP contribution in [0.25, 0.3) is 22.7 Å². The number of aromatic amines is 1. The lowest BCUT2D eigenvalue weighted by atomic mass is 10.1. The van der Waals surface area contributed by atoms with Gasteiger partial charge >= 0.3 is 0 Å². The van der Waals surface area contributed by atoms with Crippen LogP contribution in [0.15, 0.2) is 42.5 Å². The molecule has 3 N–H and O–H groups in total. The number of fused-ring (bicyclic) bond motifs is 1. The number of H-pyrrole nitrogens is 1. The van der Waals surface area contributed by atoms with Crippen molar-refractivity contribution < 1.29 is 14.3 Å². The van der Waals surface area contributed by atoms with Crippen molar-refractivity contribution in [3.05, 3.63) is 53.9 Å². The zero-order chi connectivity index (χ0) is 18.5. The lowest BCUT2D eigenvalue weighted by molar-refractivity contribution is -0.119. The second-order valence-electron chi connectivity index (χ2n) is 5.44. The minimum atomic E-state index is -0.541. The van der Waals surface area contributed by atoms with Crippen molar-refractivity contribution in [3.63, 3.8) is 0 Å². The molecule has 0 spiro atoms. The molecule has 130 valence electrons. The Morgan fingerprint density at radius 3 is 2.73 bits per heavy atom. The minimum Gasteiger partial charge on any atom is -0.494 e. The molecule has 26 heavy (non-hydrogen) atoms. The Kier molecular flexibility index (Phi) is 4.85. The van der Waals surface area contributed by atoms with E-state index in [4.69, 9.17) is 15.2 Å². The van der Waals surface area contributed by atoms with E-state index in [1.54, 1.807) is 37.5 Å². The molecular weight excluding hydrogens is 332 g/mol. The molecule has 1 aromatic heterocycles. The number of carbonyl (C=O) groups is 1. The number of allylic oxidation sites excluding steroid dienone is 1. The van der Waals surface area contributed by atoms with Crippen LogP contribution in [0.4, 0.5) is 0 Å². The molecule has 3 rings (SSSR count). The van der Waals surface area contributed by atoms with E-state index in [1.807, 2.05) is 18.2 Å². The standard InChI is InChI=1S/C19H16N4O3/c1-25-16-4-2-3-15-18(16)23-19(22-15)13(10-20)9-12-5-7-14(8-6-12)26-11-17(21)24/h2-9H,11H2,1H3,(H2,21,24)(H,22,23). The molecule has 0 aliphatic carbocycles. The summed E-state index contributed by atoms with van der Waals surface area (Å²) in [5, 5.41) is 9.51. The van der Waals surface area contributed by atoms with Crippen molar-refractivity contribution in [2.75, 3.05) is 13.7 Å². The first-order valence-electron chi connectivity index (χ1n) is 7.77. The molecule has 7 heteroatoms. The maximum absolute atomic E-state index is 10.7. The molecule has 1 heterocycles. The second-order valence-corrected chi connectivity index (χ2v) is 5.44. The number of para-hydroxylation sites is 1. The van der Waals surface area contributed by atoms with Gasteiger partial charge < -0.3 is 20.2 Å². The highest BCUT2D eigenvalue weighted by Crippen LogP contribution is 2.26. The van der Waals surface area contributed by atoms with E-state index in [2.05, 4.69) is 16.0 Å². The molecule has 0 unspecified atom stereocenters. The molecule has 0 aliphatic heterocycles. The van der Waals surface area contributed by atoms with Gasteiger partial charge in [0.25, 0.3) is 5.91 Å². The monoisotopic (exact) mass is 348 g/mol. The Balaban J connectivity index is 1.89. The maximum atomic E-state index is 10.7. The van der Waals surface area contributed by atoms with Gasteiger partial charge in [0.2, 0.25) is 0 Å². The number of benzene rings is 2. The summed E-state index contributed by atoms with van der Waals surface area (Å²) < 4.78 is 10.5. The third-order valence-electron chi connectivity index (χ3n) is 3.64. The summed E-state index contributed by atoms with van der Waals surface area (Å²) in [5.41, 5.74) is 7.67. The van der Waals surface area contributed by atoms with Gasteiger partial charge in [-0.05, 0) is 35.9 Å². The minimum absolute atomic E-state index is 0.181. The summed E-state index contributed by atoms with van der Waals surface area (Å²) in [4.78, 5) is 18.3. The lowest BCUT2D eigenvalue weighted by Crippen LogP contribution is -2.19. The third-order valence-corrected chi connectivity index (χ3v) is 3.64. The highest BCUT2D eigenvalue weighted by atomic mass is 16.5. The zero-order valence-electron chi connectivity index (χ0n) is 14.0. The summed E-state index contributed by atoms with van der Waals surface area (Å²) >= 11 is 0. The molecule has 0 saturated heterocycles. The Morgan fingerprint density at radius 1 is 1.31 bits per heavy atom. The number of nitrogens with zero attached hydrogens (tertiary/aromatic N) is 2. The molecular formula is C19H16N4O3. The number of nitrogens with one attached hydrogen (secondary N) is 1. The van der Waals surface area contributed by atoms with Crippen molar-refractivity contribution in [1.29, 1.82) is 5.26 Å². The summed E-state index contributed by atoms with van der Waals surface area (Å²) in [6.45, 7) is -0.181. The Bertz CT molecular complexity index is 1010. The predicted molar refractivity (Wildman–Crippen MR) is 97.3 cm³/mol. The van der Waals surface area contributed by atoms with Gasteiger partial charge in [-0.1, -0.05) is 18.2 Å². The predicted octanol–water partition coefficient (Wildman–Crippen LogP) is 2.50. The average molecular weight is 348 g/mol. The normalized spacial score (nSPS) is 11.2. The Labute approximate surface area is 149 Å². The molecule has 2 aromatic carbocycles. The molecule has 0 atom stereocenters. The van der Waals surface area contributed by atoms with Gasteiger partial charge in [0.15, 0.2) is 6.61 Å². The van der Waals surface area contributed by atoms with E-state index in [1.165, 1.54) is 0 Å². The summed E-state index contributed by atoms with van der Waals surface area (Å²) in [5.74, 6) is 1.08. The van der Waals surface area contributed by atoms with Crippen LogP contribution in [0.5, 0.6) is 11.5 Å². The van der Waals surface area contributed by atoms with Gasteiger partial charge in [-0.3, -0.25) is 4.79 Å². The number of aromatic nitrogens is 2. The van der Waals surface area contributed by atoms with E-state index >= 15 is 0 Å². The van der Waals surface area contributed by atoms with E-state index in [0.717, 1.165) is 11.1 Å². The van der Waals surface area contributed by atoms with Crippen LogP contribution >= 0.6 is 0 Å². The highest BCUT2D eigenvalue weighted by Gasteiger charge is 2.11. The van der Waals surface area contributed by atoms with Crippen LogP contribution in [0, 0.1) is 11.3 Å². The molecule has 0 radical (unpaired) electrons. The van der Waals surface area contributed by atoms with Gasteiger partial charge in [-0.15, -0.1) is 0 Å². The molecule has 0 fully saturated rings. The quantitative estimate of drug-likeness (QED) is 0.664. The van der Waals surface area contributed by atoms with Crippen LogP contribution in [-0.2, 0) is 4.79 Å². The van der Waals surface area contributed by atoms with Crippen molar-refractivity contribution in [2.45, 2.75) is 0 Å². The van der Waals surface area contributed by atoms with Crippen LogP contribution < -0.4 is 15.2 Å². The highest BCUT2D eigenvalue weighted by molar-refractivity contribution is 5.91. The fourth-order valence-electron chi connectivity index (χ4n) is 2.43. The smallest absolute Gasteiger partial charge is 0.255 e. The van der Waals surface area contributed by atoms with E-state index in [-0.39, 0.29) is 6.61 Å². The first-order valence-corrected chi connectivity index (χ1v) is 7.77. The first-order chi connectivity index (χ1) is 12.6. The number of amides is 1. The number of rotatable bonds is 6. The fraction of sp³-hybridized carbons (Fsp3) is 0.105. The number of hydrogen-bond donors (Lipinski definition) is 2. The van der Waals surface area contributed by atoms with Crippen molar-refractivity contribution >= 4 is 28.6 Å². The van der Waals surface area contributed by atoms with Crippen LogP contribution in [0.3, 0.4) is 0 Å². The third kappa shape index (κ3) is 3.65. The fourth-order valence-corrected chi connectivity index (χ4v) is 2.43. The molecule has 0 saturated carbocycles. The summed E-state index contributed by atoms with van der Waals surface area (Å²) in [6, 6.07) is 14.6. The number of ether oxygens (including phenoxy) is 2. The van der Waals surface area contributed by atoms with Crippen LogP contribution in [0.1, 0.15) is 11.4 Å². The van der Waals surface area contributed by atoms with Crippen LogP contribution in [-0.4, -0.2) is 29.6 Å². The number of hydrogen-bond acceptors (Lipinski definition) is 5. The van der Waals surface area contributed by atoms with Crippen LogP contribution in [0.2, 0.25) is 0 Å². The van der Waals surface area contributed by atoms with Gasteiger partial charge in [0.1, 0.15) is 28.9 Å². The summed E-state index contributed by atoms with van der Waals surface area (Å²) in [6.07, 6.45) is 1.71. The van der Waals surface area contributed by atoms with Gasteiger partial charge in [0, 0.05) is 0 Å². The van der Waals surface area contributed by atoms with Crippen molar-refractivity contribution in [3.8, 4) is 17.6 Å². The largest absolute Gasteiger partial charge is 0.494 e. The molecule has 0 aliphatic rings. The number of carbonyl (C=O) groups excluding carboxylic acids is 1. The van der Waals surface area contributed by atoms with Crippen molar-refractivity contribution in [1.82, 2.24) is 9.97 Å². The zero-order valence-corrected chi connectivity index (χ0v) is 14.0. The number of methoxy groups -OCH3 is 1. The second kappa shape index (κ2) is 7.40. The average Bonchev–Trinajstić information content (AvgIpc) is 3.09. The Hall–Kier alpha value is -3.79. The molecule has 7 nitrogen and oxygen atoms in total. The SMILES string of the molecule is COc1cccc2[nH]c(C(C#N)=Cc3ccc(OCC(N)=O)cc3)nc12. The van der Waals surface area contributed by atoms with Crippen molar-refractivity contribution in [2.24, 2.45) is 5.73 Å². The van der Waals surface area contributed by atoms with E-state index in [9.17, 15) is 10.1 Å². The number of primary amides is 1. The van der Waals surface area contributed by atoms with E-state index < -0.39 is 5.91 Å². The van der Waals surface area contributed by atoms with Gasteiger partial charge in [-0.25, -0.2) is 4.98 Å². The maximum Gasteiger partial charge on any atom is 0.255 e. The first kappa shape index (κ1) is 17.0. The number of imidazole rings is 1. The van der Waals surface area contributed by atoms with Gasteiger partial charge in [-0.2, -0.15) is 5.26 Å². The number of nitriles is 1. The lowest BCUT2D eigenvalue weighted by Gasteiger charge is -2.03. The Morgan fingerprint density at radius 2 is 2.08 bits per heavy atom. The topological polar surface area (TPSA) is 114 Å². The van der Waals surface area contributed by atoms with Gasteiger partial charge in [0.05, 0.1) is 18.2 Å².